The van der Waals surface area contributed by atoms with Gasteiger partial charge in [0.15, 0.2) is 0 Å². The third-order valence-corrected chi connectivity index (χ3v) is 4.03. The van der Waals surface area contributed by atoms with E-state index in [2.05, 4.69) is 18.3 Å². The fourth-order valence-corrected chi connectivity index (χ4v) is 2.81. The van der Waals surface area contributed by atoms with Crippen molar-refractivity contribution in [1.82, 2.24) is 5.32 Å². The van der Waals surface area contributed by atoms with Gasteiger partial charge >= 0.3 is 0 Å². The molecule has 2 aromatic rings. The summed E-state index contributed by atoms with van der Waals surface area (Å²) in [4.78, 5) is 0. The predicted molar refractivity (Wildman–Crippen MR) is 95.1 cm³/mol. The lowest BCUT2D eigenvalue weighted by molar-refractivity contribution is 0.169. The molecular weight excluding hydrogens is 310 g/mol. The van der Waals surface area contributed by atoms with Gasteiger partial charge < -0.3 is 15.2 Å². The van der Waals surface area contributed by atoms with Gasteiger partial charge in [0.25, 0.3) is 0 Å². The summed E-state index contributed by atoms with van der Waals surface area (Å²) in [5.41, 5.74) is 1.94. The molecule has 0 aliphatic carbocycles. The maximum Gasteiger partial charge on any atom is 0.124 e. The van der Waals surface area contributed by atoms with Gasteiger partial charge in [-0.2, -0.15) is 0 Å². The largest absolute Gasteiger partial charge is 0.494 e. The van der Waals surface area contributed by atoms with Crippen molar-refractivity contribution >= 4 is 11.6 Å². The molecule has 0 heterocycles. The second kappa shape index (κ2) is 8.92. The van der Waals surface area contributed by atoms with Crippen LogP contribution < -0.4 is 10.1 Å². The number of rotatable bonds is 8. The molecule has 2 aromatic carbocycles. The van der Waals surface area contributed by atoms with Gasteiger partial charge in [-0.15, -0.1) is 0 Å². The summed E-state index contributed by atoms with van der Waals surface area (Å²) in [5.74, 6) is 0.895. The summed E-state index contributed by atoms with van der Waals surface area (Å²) >= 11 is 5.98. The molecule has 0 fully saturated rings. The summed E-state index contributed by atoms with van der Waals surface area (Å²) in [6, 6.07) is 15.5. The van der Waals surface area contributed by atoms with Gasteiger partial charge in [0.2, 0.25) is 0 Å². The van der Waals surface area contributed by atoms with Crippen molar-refractivity contribution in [3.8, 4) is 5.75 Å². The van der Waals surface area contributed by atoms with E-state index in [0.29, 0.717) is 18.2 Å². The number of aliphatic hydroxyl groups excluding tert-OH is 1. The standard InChI is InChI=1S/C19H24ClNO2/c1-3-17(16-10-5-6-11-19(16)23-4-2)21-13-18(22)14-8-7-9-15(20)12-14/h5-12,17-18,21-22H,3-4,13H2,1-2H3. The van der Waals surface area contributed by atoms with Crippen LogP contribution in [0.25, 0.3) is 0 Å². The van der Waals surface area contributed by atoms with Crippen LogP contribution in [0.15, 0.2) is 48.5 Å². The SMILES string of the molecule is CCOc1ccccc1C(CC)NCC(O)c1cccc(Cl)c1. The van der Waals surface area contributed by atoms with Crippen molar-refractivity contribution in [1.29, 1.82) is 0 Å². The van der Waals surface area contributed by atoms with E-state index in [-0.39, 0.29) is 6.04 Å². The van der Waals surface area contributed by atoms with Gasteiger partial charge in [0, 0.05) is 23.2 Å². The molecule has 0 spiro atoms. The van der Waals surface area contributed by atoms with Crippen LogP contribution in [0.3, 0.4) is 0 Å². The first kappa shape index (κ1) is 17.8. The van der Waals surface area contributed by atoms with Gasteiger partial charge in [-0.1, -0.05) is 48.9 Å². The minimum absolute atomic E-state index is 0.131. The highest BCUT2D eigenvalue weighted by atomic mass is 35.5. The van der Waals surface area contributed by atoms with Crippen molar-refractivity contribution in [3.63, 3.8) is 0 Å². The molecule has 0 aromatic heterocycles. The molecule has 2 N–H and O–H groups in total. The molecule has 2 rings (SSSR count). The molecule has 0 bridgehead atoms. The summed E-state index contributed by atoms with van der Waals surface area (Å²) in [7, 11) is 0. The minimum Gasteiger partial charge on any atom is -0.494 e. The van der Waals surface area contributed by atoms with E-state index in [0.717, 1.165) is 23.3 Å². The third-order valence-electron chi connectivity index (χ3n) is 3.79. The maximum absolute atomic E-state index is 10.4. The lowest BCUT2D eigenvalue weighted by Crippen LogP contribution is -2.26. The zero-order valence-electron chi connectivity index (χ0n) is 13.6. The summed E-state index contributed by atoms with van der Waals surface area (Å²) in [5, 5.41) is 14.4. The molecule has 4 heteroatoms. The lowest BCUT2D eigenvalue weighted by Gasteiger charge is -2.22. The van der Waals surface area contributed by atoms with E-state index in [9.17, 15) is 5.11 Å². The molecule has 0 aliphatic rings. The summed E-state index contributed by atoms with van der Waals surface area (Å²) < 4.78 is 5.71. The Labute approximate surface area is 143 Å². The van der Waals surface area contributed by atoms with E-state index >= 15 is 0 Å². The Hall–Kier alpha value is -1.55. The fourth-order valence-electron chi connectivity index (χ4n) is 2.62. The highest BCUT2D eigenvalue weighted by Gasteiger charge is 2.16. The van der Waals surface area contributed by atoms with E-state index in [1.54, 1.807) is 12.1 Å². The second-order valence-electron chi connectivity index (χ2n) is 5.41. The van der Waals surface area contributed by atoms with Crippen molar-refractivity contribution < 1.29 is 9.84 Å². The van der Waals surface area contributed by atoms with Crippen molar-refractivity contribution in [2.24, 2.45) is 0 Å². The Kier molecular flexibility index (Phi) is 6.90. The van der Waals surface area contributed by atoms with Gasteiger partial charge in [-0.25, -0.2) is 0 Å². The number of nitrogens with one attached hydrogen (secondary N) is 1. The highest BCUT2D eigenvalue weighted by molar-refractivity contribution is 6.30. The quantitative estimate of drug-likeness (QED) is 0.746. The number of hydrogen-bond acceptors (Lipinski definition) is 3. The first-order chi connectivity index (χ1) is 11.2. The summed E-state index contributed by atoms with van der Waals surface area (Å²) in [6.07, 6.45) is 0.314. The van der Waals surface area contributed by atoms with E-state index in [1.165, 1.54) is 0 Å². The summed E-state index contributed by atoms with van der Waals surface area (Å²) in [6.45, 7) is 5.19. The maximum atomic E-state index is 10.4. The van der Waals surface area contributed by atoms with Crippen LogP contribution in [-0.4, -0.2) is 18.3 Å². The average molecular weight is 334 g/mol. The Balaban J connectivity index is 2.05. The predicted octanol–water partition coefficient (Wildman–Crippen LogP) is 4.51. The Morgan fingerprint density at radius 1 is 1.13 bits per heavy atom. The van der Waals surface area contributed by atoms with E-state index in [1.807, 2.05) is 37.3 Å². The van der Waals surface area contributed by atoms with E-state index in [4.69, 9.17) is 16.3 Å². The third kappa shape index (κ3) is 4.96. The van der Waals surface area contributed by atoms with Crippen molar-refractivity contribution in [2.45, 2.75) is 32.4 Å². The van der Waals surface area contributed by atoms with Crippen LogP contribution in [0.4, 0.5) is 0 Å². The number of para-hydroxylation sites is 1. The number of benzene rings is 2. The first-order valence-electron chi connectivity index (χ1n) is 8.04. The van der Waals surface area contributed by atoms with Crippen LogP contribution in [-0.2, 0) is 0 Å². The Bertz CT molecular complexity index is 618. The molecule has 124 valence electrons. The molecule has 2 atom stereocenters. The topological polar surface area (TPSA) is 41.5 Å². The van der Waals surface area contributed by atoms with Gasteiger partial charge in [-0.3, -0.25) is 0 Å². The number of aliphatic hydroxyl groups is 1. The molecule has 2 unspecified atom stereocenters. The van der Waals surface area contributed by atoms with Crippen LogP contribution >= 0.6 is 11.6 Å². The molecule has 23 heavy (non-hydrogen) atoms. The Morgan fingerprint density at radius 2 is 1.91 bits per heavy atom. The minimum atomic E-state index is -0.595. The van der Waals surface area contributed by atoms with Crippen LogP contribution in [0, 0.1) is 0 Å². The number of ether oxygens (including phenoxy) is 1. The zero-order chi connectivity index (χ0) is 16.7. The highest BCUT2D eigenvalue weighted by Crippen LogP contribution is 2.28. The Morgan fingerprint density at radius 3 is 2.61 bits per heavy atom. The smallest absolute Gasteiger partial charge is 0.124 e. The number of halogens is 1. The van der Waals surface area contributed by atoms with Crippen LogP contribution in [0.2, 0.25) is 5.02 Å². The molecule has 0 amide bonds. The average Bonchev–Trinajstić information content (AvgIpc) is 2.57. The molecule has 0 radical (unpaired) electrons. The van der Waals surface area contributed by atoms with Gasteiger partial charge in [-0.05, 0) is 37.1 Å². The lowest BCUT2D eigenvalue weighted by atomic mass is 10.0. The zero-order valence-corrected chi connectivity index (χ0v) is 14.4. The molecule has 3 nitrogen and oxygen atoms in total. The second-order valence-corrected chi connectivity index (χ2v) is 5.85. The van der Waals surface area contributed by atoms with Gasteiger partial charge in [0.05, 0.1) is 12.7 Å². The molecular formula is C19H24ClNO2. The van der Waals surface area contributed by atoms with Crippen molar-refractivity contribution in [2.75, 3.05) is 13.2 Å². The molecule has 0 aliphatic heterocycles. The fraction of sp³-hybridized carbons (Fsp3) is 0.368. The first-order valence-corrected chi connectivity index (χ1v) is 8.42. The van der Waals surface area contributed by atoms with Gasteiger partial charge in [0.1, 0.15) is 5.75 Å². The van der Waals surface area contributed by atoms with Crippen LogP contribution in [0.5, 0.6) is 5.75 Å². The molecule has 0 saturated carbocycles. The monoisotopic (exact) mass is 333 g/mol. The van der Waals surface area contributed by atoms with E-state index < -0.39 is 6.10 Å². The molecule has 0 saturated heterocycles. The normalized spacial score (nSPS) is 13.6. The van der Waals surface area contributed by atoms with Crippen molar-refractivity contribution in [3.05, 3.63) is 64.7 Å². The number of hydrogen-bond donors (Lipinski definition) is 2. The van der Waals surface area contributed by atoms with Crippen LogP contribution in [0.1, 0.15) is 43.5 Å².